The minimum atomic E-state index is 0.0334. The molecule has 92 valence electrons. The number of phenolic OH excluding ortho intramolecular Hbond substituents is 1. The summed E-state index contributed by atoms with van der Waals surface area (Å²) in [7, 11) is 0. The number of aromatic hydroxyl groups is 1. The van der Waals surface area contributed by atoms with Gasteiger partial charge in [-0.15, -0.1) is 6.58 Å². The van der Waals surface area contributed by atoms with E-state index in [4.69, 9.17) is 0 Å². The monoisotopic (exact) mass is 239 g/mol. The Morgan fingerprint density at radius 3 is 2.39 bits per heavy atom. The molecule has 0 fully saturated rings. The van der Waals surface area contributed by atoms with Crippen LogP contribution in [0.1, 0.15) is 18.0 Å². The highest BCUT2D eigenvalue weighted by Crippen LogP contribution is 2.29. The molecule has 0 heterocycles. The van der Waals surface area contributed by atoms with Crippen molar-refractivity contribution in [2.24, 2.45) is 0 Å². The van der Waals surface area contributed by atoms with Crippen molar-refractivity contribution in [1.29, 1.82) is 0 Å². The molecule has 0 saturated carbocycles. The van der Waals surface area contributed by atoms with Crippen LogP contribution < -0.4 is 5.32 Å². The fraction of sp³-hybridized carbons (Fsp3) is 0.125. The molecule has 0 saturated heterocycles. The van der Waals surface area contributed by atoms with Crippen molar-refractivity contribution in [2.45, 2.75) is 12.5 Å². The fourth-order valence-corrected chi connectivity index (χ4v) is 1.95. The molecule has 0 bridgehead atoms. The van der Waals surface area contributed by atoms with Gasteiger partial charge in [0.15, 0.2) is 0 Å². The predicted molar refractivity (Wildman–Crippen MR) is 75.7 cm³/mol. The Kier molecular flexibility index (Phi) is 4.02. The average molecular weight is 239 g/mol. The van der Waals surface area contributed by atoms with E-state index in [1.807, 2.05) is 54.6 Å². The number of para-hydroxylation sites is 2. The summed E-state index contributed by atoms with van der Waals surface area (Å²) in [5.74, 6) is 0.313. The highest BCUT2D eigenvalue weighted by atomic mass is 16.3. The molecule has 0 amide bonds. The number of nitrogens with one attached hydrogen (secondary N) is 1. The van der Waals surface area contributed by atoms with E-state index in [0.29, 0.717) is 5.75 Å². The van der Waals surface area contributed by atoms with Gasteiger partial charge < -0.3 is 10.4 Å². The second-order valence-corrected chi connectivity index (χ2v) is 4.15. The third-order valence-corrected chi connectivity index (χ3v) is 2.83. The number of benzene rings is 2. The summed E-state index contributed by atoms with van der Waals surface area (Å²) in [6, 6.07) is 17.4. The molecule has 2 rings (SSSR count). The van der Waals surface area contributed by atoms with Crippen LogP contribution in [0, 0.1) is 0 Å². The first kappa shape index (κ1) is 12.2. The number of hydrogen-bond donors (Lipinski definition) is 2. The van der Waals surface area contributed by atoms with E-state index < -0.39 is 0 Å². The van der Waals surface area contributed by atoms with E-state index in [2.05, 4.69) is 11.9 Å². The Hall–Kier alpha value is -2.22. The maximum Gasteiger partial charge on any atom is 0.120 e. The van der Waals surface area contributed by atoms with Crippen molar-refractivity contribution in [2.75, 3.05) is 5.32 Å². The van der Waals surface area contributed by atoms with Gasteiger partial charge in [-0.25, -0.2) is 0 Å². The van der Waals surface area contributed by atoms with Gasteiger partial charge in [-0.2, -0.15) is 0 Å². The summed E-state index contributed by atoms with van der Waals surface area (Å²) in [6.07, 6.45) is 2.61. The van der Waals surface area contributed by atoms with Crippen LogP contribution in [0.2, 0.25) is 0 Å². The lowest BCUT2D eigenvalue weighted by atomic mass is 10.0. The van der Waals surface area contributed by atoms with Crippen LogP contribution in [0.4, 0.5) is 5.69 Å². The van der Waals surface area contributed by atoms with Crippen molar-refractivity contribution >= 4 is 5.69 Å². The smallest absolute Gasteiger partial charge is 0.120 e. The van der Waals surface area contributed by atoms with E-state index in [1.165, 1.54) is 0 Å². The van der Waals surface area contributed by atoms with Crippen LogP contribution in [0.15, 0.2) is 67.3 Å². The molecule has 0 aliphatic rings. The first-order valence-electron chi connectivity index (χ1n) is 6.01. The van der Waals surface area contributed by atoms with Crippen molar-refractivity contribution in [3.8, 4) is 5.75 Å². The molecule has 2 aromatic rings. The second kappa shape index (κ2) is 5.92. The topological polar surface area (TPSA) is 32.3 Å². The first-order chi connectivity index (χ1) is 8.81. The number of phenols is 1. The van der Waals surface area contributed by atoms with Crippen molar-refractivity contribution in [3.63, 3.8) is 0 Å². The molecule has 2 heteroatoms. The predicted octanol–water partition coefficient (Wildman–Crippen LogP) is 4.12. The normalized spacial score (nSPS) is 11.8. The molecule has 2 aromatic carbocycles. The van der Waals surface area contributed by atoms with Crippen LogP contribution >= 0.6 is 0 Å². The molecule has 0 spiro atoms. The Balaban J connectivity index is 2.24. The van der Waals surface area contributed by atoms with Gasteiger partial charge in [-0.05, 0) is 24.6 Å². The number of anilines is 1. The van der Waals surface area contributed by atoms with Crippen molar-refractivity contribution in [3.05, 3.63) is 72.8 Å². The van der Waals surface area contributed by atoms with Gasteiger partial charge in [0.1, 0.15) is 5.75 Å². The lowest BCUT2D eigenvalue weighted by Gasteiger charge is -2.20. The number of rotatable bonds is 5. The minimum absolute atomic E-state index is 0.0334. The van der Waals surface area contributed by atoms with Crippen LogP contribution in [0.5, 0.6) is 5.75 Å². The van der Waals surface area contributed by atoms with Gasteiger partial charge >= 0.3 is 0 Å². The zero-order chi connectivity index (χ0) is 12.8. The third kappa shape index (κ3) is 2.92. The molecular formula is C16H17NO. The maximum absolute atomic E-state index is 9.91. The number of hydrogen-bond acceptors (Lipinski definition) is 2. The zero-order valence-electron chi connectivity index (χ0n) is 10.2. The largest absolute Gasteiger partial charge is 0.508 e. The molecule has 1 unspecified atom stereocenters. The molecule has 2 N–H and O–H groups in total. The molecule has 2 nitrogen and oxygen atoms in total. The minimum Gasteiger partial charge on any atom is -0.508 e. The summed E-state index contributed by atoms with van der Waals surface area (Å²) in [6.45, 7) is 3.78. The van der Waals surface area contributed by atoms with E-state index >= 15 is 0 Å². The fourth-order valence-electron chi connectivity index (χ4n) is 1.95. The van der Waals surface area contributed by atoms with Gasteiger partial charge in [0.05, 0.1) is 6.04 Å². The Bertz CT molecular complexity index is 508. The van der Waals surface area contributed by atoms with Gasteiger partial charge in [-0.3, -0.25) is 0 Å². The average Bonchev–Trinajstić information content (AvgIpc) is 2.40. The third-order valence-electron chi connectivity index (χ3n) is 2.83. The van der Waals surface area contributed by atoms with E-state index in [1.54, 1.807) is 6.07 Å². The van der Waals surface area contributed by atoms with E-state index in [9.17, 15) is 5.11 Å². The molecule has 18 heavy (non-hydrogen) atoms. The van der Waals surface area contributed by atoms with Crippen molar-refractivity contribution in [1.82, 2.24) is 0 Å². The van der Waals surface area contributed by atoms with E-state index in [0.717, 1.165) is 17.7 Å². The molecule has 0 radical (unpaired) electrons. The van der Waals surface area contributed by atoms with Gasteiger partial charge in [0.25, 0.3) is 0 Å². The quantitative estimate of drug-likeness (QED) is 0.769. The van der Waals surface area contributed by atoms with Gasteiger partial charge in [0, 0.05) is 11.3 Å². The first-order valence-corrected chi connectivity index (χ1v) is 6.01. The maximum atomic E-state index is 9.91. The van der Waals surface area contributed by atoms with Crippen LogP contribution in [-0.4, -0.2) is 5.11 Å². The second-order valence-electron chi connectivity index (χ2n) is 4.15. The van der Waals surface area contributed by atoms with Crippen LogP contribution in [0.3, 0.4) is 0 Å². The van der Waals surface area contributed by atoms with Gasteiger partial charge in [0.2, 0.25) is 0 Å². The highest BCUT2D eigenvalue weighted by molar-refractivity contribution is 5.47. The molecule has 1 atom stereocenters. The van der Waals surface area contributed by atoms with Crippen LogP contribution in [0.25, 0.3) is 0 Å². The summed E-state index contributed by atoms with van der Waals surface area (Å²) >= 11 is 0. The Labute approximate surface area is 108 Å². The summed E-state index contributed by atoms with van der Waals surface area (Å²) in [4.78, 5) is 0. The standard InChI is InChI=1S/C16H17NO/c1-2-8-15(14-11-6-7-12-16(14)18)17-13-9-4-3-5-10-13/h2-7,9-12,15,17-18H,1,8H2. The lowest BCUT2D eigenvalue weighted by Crippen LogP contribution is -2.10. The zero-order valence-corrected chi connectivity index (χ0v) is 10.2. The molecule has 0 aliphatic carbocycles. The highest BCUT2D eigenvalue weighted by Gasteiger charge is 2.13. The summed E-state index contributed by atoms with van der Waals surface area (Å²) in [5, 5.41) is 13.3. The molecule has 0 aromatic heterocycles. The SMILES string of the molecule is C=CCC(Nc1ccccc1)c1ccccc1O. The van der Waals surface area contributed by atoms with Gasteiger partial charge in [-0.1, -0.05) is 42.5 Å². The Morgan fingerprint density at radius 1 is 1.06 bits per heavy atom. The lowest BCUT2D eigenvalue weighted by molar-refractivity contribution is 0.464. The molecular weight excluding hydrogens is 222 g/mol. The Morgan fingerprint density at radius 2 is 1.72 bits per heavy atom. The van der Waals surface area contributed by atoms with Crippen molar-refractivity contribution < 1.29 is 5.11 Å². The summed E-state index contributed by atoms with van der Waals surface area (Å²) < 4.78 is 0. The van der Waals surface area contributed by atoms with E-state index in [-0.39, 0.29) is 6.04 Å². The molecule has 0 aliphatic heterocycles. The summed E-state index contributed by atoms with van der Waals surface area (Å²) in [5.41, 5.74) is 1.92. The van der Waals surface area contributed by atoms with Crippen LogP contribution in [-0.2, 0) is 0 Å².